The third-order valence-corrected chi connectivity index (χ3v) is 3.68. The van der Waals surface area contributed by atoms with Crippen LogP contribution in [0.1, 0.15) is 34.1 Å². The van der Waals surface area contributed by atoms with E-state index in [4.69, 9.17) is 5.73 Å². The lowest BCUT2D eigenvalue weighted by molar-refractivity contribution is 0.663. The monoisotopic (exact) mass is 175 g/mol. The second kappa shape index (κ2) is 5.90. The molecule has 0 rings (SSSR count). The van der Waals surface area contributed by atoms with Gasteiger partial charge in [0.25, 0.3) is 0 Å². The molecule has 2 N–H and O–H groups in total. The van der Waals surface area contributed by atoms with Gasteiger partial charge in [-0.25, -0.2) is 0 Å². The first-order chi connectivity index (χ1) is 5.07. The minimum atomic E-state index is 0.337. The Bertz CT molecular complexity index is 91.6. The van der Waals surface area contributed by atoms with Crippen molar-refractivity contribution in [1.82, 2.24) is 0 Å². The van der Waals surface area contributed by atoms with Gasteiger partial charge in [-0.2, -0.15) is 11.8 Å². The first kappa shape index (κ1) is 11.3. The van der Waals surface area contributed by atoms with Gasteiger partial charge in [0, 0.05) is 11.3 Å². The van der Waals surface area contributed by atoms with Crippen molar-refractivity contribution >= 4 is 11.8 Å². The molecular formula is C9H21NS. The van der Waals surface area contributed by atoms with E-state index in [0.29, 0.717) is 11.3 Å². The third-order valence-electron chi connectivity index (χ3n) is 1.63. The Kier molecular flexibility index (Phi) is 6.06. The molecule has 0 aromatic rings. The van der Waals surface area contributed by atoms with Gasteiger partial charge in [-0.3, -0.25) is 0 Å². The highest BCUT2D eigenvalue weighted by Crippen LogP contribution is 2.19. The van der Waals surface area contributed by atoms with E-state index >= 15 is 0 Å². The van der Waals surface area contributed by atoms with Crippen molar-refractivity contribution in [2.75, 3.05) is 5.75 Å². The van der Waals surface area contributed by atoms with Gasteiger partial charge in [0.15, 0.2) is 0 Å². The van der Waals surface area contributed by atoms with Gasteiger partial charge in [-0.05, 0) is 25.0 Å². The van der Waals surface area contributed by atoms with E-state index in [2.05, 4.69) is 27.7 Å². The molecule has 2 heteroatoms. The molecule has 68 valence electrons. The lowest BCUT2D eigenvalue weighted by Crippen LogP contribution is -2.29. The molecule has 0 aromatic carbocycles. The average Bonchev–Trinajstić information content (AvgIpc) is 1.87. The first-order valence-electron chi connectivity index (χ1n) is 4.45. The van der Waals surface area contributed by atoms with Gasteiger partial charge < -0.3 is 5.73 Å². The molecule has 0 heterocycles. The Morgan fingerprint density at radius 1 is 1.27 bits per heavy atom. The normalized spacial score (nSPS) is 16.9. The van der Waals surface area contributed by atoms with Crippen molar-refractivity contribution in [2.24, 2.45) is 11.7 Å². The van der Waals surface area contributed by atoms with Gasteiger partial charge >= 0.3 is 0 Å². The lowest BCUT2D eigenvalue weighted by atomic mass is 10.2. The van der Waals surface area contributed by atoms with Crippen LogP contribution in [0.5, 0.6) is 0 Å². The minimum absolute atomic E-state index is 0.337. The molecule has 0 saturated heterocycles. The highest BCUT2D eigenvalue weighted by Gasteiger charge is 2.11. The zero-order valence-electron chi connectivity index (χ0n) is 8.13. The maximum Gasteiger partial charge on any atom is 0.0193 e. The van der Waals surface area contributed by atoms with Crippen molar-refractivity contribution in [3.8, 4) is 0 Å². The van der Waals surface area contributed by atoms with E-state index in [0.717, 1.165) is 5.92 Å². The number of hydrogen-bond acceptors (Lipinski definition) is 2. The molecule has 0 spiro atoms. The van der Waals surface area contributed by atoms with Crippen molar-refractivity contribution in [3.63, 3.8) is 0 Å². The van der Waals surface area contributed by atoms with Crippen LogP contribution >= 0.6 is 11.8 Å². The van der Waals surface area contributed by atoms with Crippen LogP contribution in [-0.4, -0.2) is 17.0 Å². The van der Waals surface area contributed by atoms with Gasteiger partial charge in [0.2, 0.25) is 0 Å². The lowest BCUT2D eigenvalue weighted by Gasteiger charge is -2.19. The van der Waals surface area contributed by atoms with Gasteiger partial charge in [-0.1, -0.05) is 20.8 Å². The molecule has 0 bridgehead atoms. The van der Waals surface area contributed by atoms with Crippen LogP contribution in [0.3, 0.4) is 0 Å². The fraction of sp³-hybridized carbons (Fsp3) is 1.00. The van der Waals surface area contributed by atoms with Crippen LogP contribution in [-0.2, 0) is 0 Å². The Morgan fingerprint density at radius 3 is 2.09 bits per heavy atom. The zero-order chi connectivity index (χ0) is 8.85. The van der Waals surface area contributed by atoms with Crippen LogP contribution in [0.2, 0.25) is 0 Å². The van der Waals surface area contributed by atoms with E-state index in [1.165, 1.54) is 12.2 Å². The van der Waals surface area contributed by atoms with Crippen LogP contribution in [0.25, 0.3) is 0 Å². The number of rotatable bonds is 5. The van der Waals surface area contributed by atoms with E-state index < -0.39 is 0 Å². The molecule has 0 amide bonds. The Morgan fingerprint density at radius 2 is 1.82 bits per heavy atom. The predicted molar refractivity (Wildman–Crippen MR) is 55.0 cm³/mol. The van der Waals surface area contributed by atoms with Crippen molar-refractivity contribution in [3.05, 3.63) is 0 Å². The SMILES string of the molecule is CCC(SCC(C)C)C(C)N. The fourth-order valence-corrected chi connectivity index (χ4v) is 2.13. The molecule has 0 saturated carbocycles. The van der Waals surface area contributed by atoms with Gasteiger partial charge in [0.1, 0.15) is 0 Å². The quantitative estimate of drug-likeness (QED) is 0.695. The zero-order valence-corrected chi connectivity index (χ0v) is 8.95. The average molecular weight is 175 g/mol. The molecule has 0 radical (unpaired) electrons. The van der Waals surface area contributed by atoms with Crippen molar-refractivity contribution in [1.29, 1.82) is 0 Å². The molecule has 2 atom stereocenters. The predicted octanol–water partition coefficient (Wildman–Crippen LogP) is 2.50. The van der Waals surface area contributed by atoms with Crippen molar-refractivity contribution in [2.45, 2.75) is 45.4 Å². The van der Waals surface area contributed by atoms with Crippen LogP contribution in [0, 0.1) is 5.92 Å². The molecule has 0 aromatic heterocycles. The fourth-order valence-electron chi connectivity index (χ4n) is 0.957. The summed E-state index contributed by atoms with van der Waals surface area (Å²) in [4.78, 5) is 0. The van der Waals surface area contributed by atoms with Crippen LogP contribution < -0.4 is 5.73 Å². The molecule has 2 unspecified atom stereocenters. The van der Waals surface area contributed by atoms with E-state index in [1.807, 2.05) is 11.8 Å². The molecular weight excluding hydrogens is 154 g/mol. The molecule has 1 nitrogen and oxygen atoms in total. The van der Waals surface area contributed by atoms with Gasteiger partial charge in [0.05, 0.1) is 0 Å². The summed E-state index contributed by atoms with van der Waals surface area (Å²) in [6, 6.07) is 0.337. The summed E-state index contributed by atoms with van der Waals surface area (Å²) >= 11 is 2.01. The summed E-state index contributed by atoms with van der Waals surface area (Å²) in [5.74, 6) is 2.02. The number of hydrogen-bond donors (Lipinski definition) is 1. The summed E-state index contributed by atoms with van der Waals surface area (Å²) < 4.78 is 0. The Labute approximate surface area is 75.1 Å². The van der Waals surface area contributed by atoms with Crippen molar-refractivity contribution < 1.29 is 0 Å². The first-order valence-corrected chi connectivity index (χ1v) is 5.50. The second-order valence-corrected chi connectivity index (χ2v) is 4.81. The highest BCUT2D eigenvalue weighted by molar-refractivity contribution is 7.99. The van der Waals surface area contributed by atoms with E-state index in [1.54, 1.807) is 0 Å². The molecule has 0 aliphatic heterocycles. The molecule has 0 aliphatic rings. The summed E-state index contributed by atoms with van der Waals surface area (Å²) in [6.07, 6.45) is 1.19. The topological polar surface area (TPSA) is 26.0 Å². The summed E-state index contributed by atoms with van der Waals surface area (Å²) in [5, 5.41) is 0.650. The second-order valence-electron chi connectivity index (χ2n) is 3.53. The maximum atomic E-state index is 5.81. The highest BCUT2D eigenvalue weighted by atomic mass is 32.2. The Balaban J connectivity index is 3.52. The Hall–Kier alpha value is 0.310. The molecule has 0 fully saturated rings. The maximum absolute atomic E-state index is 5.81. The number of nitrogens with two attached hydrogens (primary N) is 1. The largest absolute Gasteiger partial charge is 0.327 e. The van der Waals surface area contributed by atoms with E-state index in [9.17, 15) is 0 Å². The number of thioether (sulfide) groups is 1. The van der Waals surface area contributed by atoms with E-state index in [-0.39, 0.29) is 0 Å². The molecule has 11 heavy (non-hydrogen) atoms. The minimum Gasteiger partial charge on any atom is -0.327 e. The van der Waals surface area contributed by atoms with Crippen LogP contribution in [0.4, 0.5) is 0 Å². The van der Waals surface area contributed by atoms with Gasteiger partial charge in [-0.15, -0.1) is 0 Å². The summed E-state index contributed by atoms with van der Waals surface area (Å²) in [7, 11) is 0. The molecule has 0 aliphatic carbocycles. The summed E-state index contributed by atoms with van der Waals surface area (Å²) in [5.41, 5.74) is 5.81. The standard InChI is InChI=1S/C9H21NS/c1-5-9(8(4)10)11-6-7(2)3/h7-9H,5-6,10H2,1-4H3. The summed E-state index contributed by atoms with van der Waals surface area (Å²) in [6.45, 7) is 8.81. The van der Waals surface area contributed by atoms with Crippen LogP contribution in [0.15, 0.2) is 0 Å². The smallest absolute Gasteiger partial charge is 0.0193 e. The third kappa shape index (κ3) is 5.57.